The molecule has 1 aliphatic carbocycles. The number of carbonyl (C=O) groups excluding carboxylic acids is 1. The largest absolute Gasteiger partial charge is 0.388 e. The number of ketones is 1. The van der Waals surface area contributed by atoms with Gasteiger partial charge in [-0.25, -0.2) is 0 Å². The molecule has 0 saturated carbocycles. The highest BCUT2D eigenvalue weighted by Gasteiger charge is 2.22. The summed E-state index contributed by atoms with van der Waals surface area (Å²) in [5, 5.41) is 3.42. The number of hydrogen-bond donors (Lipinski definition) is 1. The van der Waals surface area contributed by atoms with Gasteiger partial charge in [-0.05, 0) is 42.2 Å². The molecule has 25 heavy (non-hydrogen) atoms. The van der Waals surface area contributed by atoms with Crippen molar-refractivity contribution in [3.63, 3.8) is 0 Å². The third-order valence-corrected chi connectivity index (χ3v) is 4.59. The van der Waals surface area contributed by atoms with Gasteiger partial charge in [0.25, 0.3) is 0 Å². The van der Waals surface area contributed by atoms with E-state index in [-0.39, 0.29) is 11.7 Å². The fraction of sp³-hybridized carbons (Fsp3) is 0.333. The molecular weight excluding hydrogens is 310 g/mol. The van der Waals surface area contributed by atoms with E-state index in [1.165, 1.54) is 11.3 Å². The first kappa shape index (κ1) is 17.2. The molecule has 0 saturated heterocycles. The molecule has 1 aromatic carbocycles. The van der Waals surface area contributed by atoms with Crippen molar-refractivity contribution in [2.24, 2.45) is 0 Å². The molecular formula is C21H25N3O. The molecule has 0 radical (unpaired) electrons. The number of rotatable bonds is 6. The molecule has 1 aliphatic rings. The topological polar surface area (TPSA) is 45.2 Å². The van der Waals surface area contributed by atoms with Gasteiger partial charge in [-0.3, -0.25) is 9.78 Å². The Morgan fingerprint density at radius 2 is 1.92 bits per heavy atom. The van der Waals surface area contributed by atoms with Crippen molar-refractivity contribution in [2.45, 2.75) is 25.2 Å². The van der Waals surface area contributed by atoms with Gasteiger partial charge < -0.3 is 10.2 Å². The monoisotopic (exact) mass is 335 g/mol. The summed E-state index contributed by atoms with van der Waals surface area (Å²) in [7, 11) is 4.07. The molecule has 0 aliphatic heterocycles. The Morgan fingerprint density at radius 3 is 2.60 bits per heavy atom. The first-order chi connectivity index (χ1) is 12.1. The van der Waals surface area contributed by atoms with Gasteiger partial charge in [-0.1, -0.05) is 18.2 Å². The Labute approximate surface area is 149 Å². The third-order valence-electron chi connectivity index (χ3n) is 4.59. The Morgan fingerprint density at radius 1 is 1.12 bits per heavy atom. The second kappa shape index (κ2) is 7.97. The van der Waals surface area contributed by atoms with Crippen LogP contribution in [0.5, 0.6) is 0 Å². The van der Waals surface area contributed by atoms with E-state index in [4.69, 9.17) is 0 Å². The number of carbonyl (C=O) groups is 1. The van der Waals surface area contributed by atoms with Crippen LogP contribution in [0.25, 0.3) is 0 Å². The molecule has 0 spiro atoms. The zero-order valence-corrected chi connectivity index (χ0v) is 14.9. The molecule has 3 rings (SSSR count). The summed E-state index contributed by atoms with van der Waals surface area (Å²) in [4.78, 5) is 18.5. The molecule has 4 heteroatoms. The number of nitrogens with zero attached hydrogens (tertiary/aromatic N) is 2. The lowest BCUT2D eigenvalue weighted by Crippen LogP contribution is -2.24. The van der Waals surface area contributed by atoms with Crippen molar-refractivity contribution in [1.29, 1.82) is 0 Å². The van der Waals surface area contributed by atoms with Crippen molar-refractivity contribution in [2.75, 3.05) is 25.5 Å². The number of hydrogen-bond acceptors (Lipinski definition) is 4. The predicted molar refractivity (Wildman–Crippen MR) is 102 cm³/mol. The second-order valence-electron chi connectivity index (χ2n) is 6.72. The molecule has 0 fully saturated rings. The van der Waals surface area contributed by atoms with Gasteiger partial charge in [0.2, 0.25) is 0 Å². The van der Waals surface area contributed by atoms with Gasteiger partial charge in [0.15, 0.2) is 5.78 Å². The molecule has 1 heterocycles. The molecule has 1 unspecified atom stereocenters. The number of benzene rings is 1. The molecule has 1 N–H and O–H groups in total. The summed E-state index contributed by atoms with van der Waals surface area (Å²) in [6.45, 7) is 0.794. The summed E-state index contributed by atoms with van der Waals surface area (Å²) < 4.78 is 0. The summed E-state index contributed by atoms with van der Waals surface area (Å²) in [5.74, 6) is 0.458. The number of pyridine rings is 1. The summed E-state index contributed by atoms with van der Waals surface area (Å²) in [6, 6.07) is 14.5. The highest BCUT2D eigenvalue weighted by molar-refractivity contribution is 5.92. The van der Waals surface area contributed by atoms with Crippen LogP contribution in [0, 0.1) is 0 Å². The van der Waals surface area contributed by atoms with E-state index in [0.29, 0.717) is 6.42 Å². The lowest BCUT2D eigenvalue weighted by atomic mass is 9.85. The number of anilines is 1. The van der Waals surface area contributed by atoms with Crippen LogP contribution in [0.1, 0.15) is 30.0 Å². The minimum Gasteiger partial charge on any atom is -0.388 e. The number of nitrogens with one attached hydrogen (secondary N) is 1. The van der Waals surface area contributed by atoms with Crippen molar-refractivity contribution in [3.8, 4) is 0 Å². The van der Waals surface area contributed by atoms with Gasteiger partial charge in [0.1, 0.15) is 0 Å². The lowest BCUT2D eigenvalue weighted by Gasteiger charge is -2.24. The van der Waals surface area contributed by atoms with Crippen LogP contribution in [0.15, 0.2) is 60.4 Å². The van der Waals surface area contributed by atoms with Crippen LogP contribution in [0.2, 0.25) is 0 Å². The van der Waals surface area contributed by atoms with Gasteiger partial charge >= 0.3 is 0 Å². The average molecular weight is 335 g/mol. The number of allylic oxidation sites excluding steroid dienone is 2. The molecule has 1 atom stereocenters. The zero-order chi connectivity index (χ0) is 17.6. The maximum Gasteiger partial charge on any atom is 0.158 e. The Bertz CT molecular complexity index is 735. The van der Waals surface area contributed by atoms with Crippen LogP contribution in [0.3, 0.4) is 0 Å². The number of aromatic nitrogens is 1. The van der Waals surface area contributed by atoms with E-state index in [1.807, 2.05) is 38.5 Å². The molecule has 0 amide bonds. The summed E-state index contributed by atoms with van der Waals surface area (Å²) in [5.41, 5.74) is 4.51. The summed E-state index contributed by atoms with van der Waals surface area (Å²) >= 11 is 0. The van der Waals surface area contributed by atoms with E-state index in [2.05, 4.69) is 39.5 Å². The Hall–Kier alpha value is -2.62. The van der Waals surface area contributed by atoms with Crippen LogP contribution in [-0.4, -0.2) is 31.4 Å². The van der Waals surface area contributed by atoms with E-state index < -0.39 is 0 Å². The van der Waals surface area contributed by atoms with Crippen molar-refractivity contribution in [3.05, 3.63) is 71.7 Å². The van der Waals surface area contributed by atoms with Gasteiger partial charge in [0, 0.05) is 62.8 Å². The maximum absolute atomic E-state index is 12.1. The molecule has 130 valence electrons. The Balaban J connectivity index is 1.59. The average Bonchev–Trinajstić information content (AvgIpc) is 2.62. The SMILES string of the molecule is CN(C)c1ccc(C2CC(=O)C=C(NCCc3ccccn3)C2)cc1. The van der Waals surface area contributed by atoms with Crippen molar-refractivity contribution >= 4 is 11.5 Å². The molecule has 4 nitrogen and oxygen atoms in total. The van der Waals surface area contributed by atoms with Crippen LogP contribution >= 0.6 is 0 Å². The van der Waals surface area contributed by atoms with E-state index in [0.717, 1.165) is 30.8 Å². The van der Waals surface area contributed by atoms with E-state index >= 15 is 0 Å². The smallest absolute Gasteiger partial charge is 0.158 e. The molecule has 0 bridgehead atoms. The predicted octanol–water partition coefficient (Wildman–Crippen LogP) is 3.31. The first-order valence-electron chi connectivity index (χ1n) is 8.76. The van der Waals surface area contributed by atoms with Crippen molar-refractivity contribution in [1.82, 2.24) is 10.3 Å². The Kier molecular flexibility index (Phi) is 5.49. The standard InChI is InChI=1S/C21H25N3O/c1-24(2)20-8-6-16(7-9-20)17-13-19(15-21(25)14-17)23-12-10-18-5-3-4-11-22-18/h3-9,11,15,17,23H,10,12-14H2,1-2H3. The highest BCUT2D eigenvalue weighted by atomic mass is 16.1. The van der Waals surface area contributed by atoms with Crippen molar-refractivity contribution < 1.29 is 4.79 Å². The zero-order valence-electron chi connectivity index (χ0n) is 14.9. The fourth-order valence-corrected chi connectivity index (χ4v) is 3.19. The summed E-state index contributed by atoms with van der Waals surface area (Å²) in [6.07, 6.45) is 5.91. The first-order valence-corrected chi connectivity index (χ1v) is 8.76. The minimum atomic E-state index is 0.202. The third kappa shape index (κ3) is 4.69. The molecule has 2 aromatic rings. The molecule has 1 aromatic heterocycles. The van der Waals surface area contributed by atoms with E-state index in [1.54, 1.807) is 6.08 Å². The van der Waals surface area contributed by atoms with E-state index in [9.17, 15) is 4.79 Å². The van der Waals surface area contributed by atoms with Crippen LogP contribution in [0.4, 0.5) is 5.69 Å². The highest BCUT2D eigenvalue weighted by Crippen LogP contribution is 2.31. The van der Waals surface area contributed by atoms with Crippen LogP contribution < -0.4 is 10.2 Å². The fourth-order valence-electron chi connectivity index (χ4n) is 3.19. The maximum atomic E-state index is 12.1. The quantitative estimate of drug-likeness (QED) is 0.880. The van der Waals surface area contributed by atoms with Gasteiger partial charge in [-0.15, -0.1) is 0 Å². The lowest BCUT2D eigenvalue weighted by molar-refractivity contribution is -0.115. The second-order valence-corrected chi connectivity index (χ2v) is 6.72. The van der Waals surface area contributed by atoms with Gasteiger partial charge in [0.05, 0.1) is 0 Å². The van der Waals surface area contributed by atoms with Gasteiger partial charge in [-0.2, -0.15) is 0 Å². The normalized spacial score (nSPS) is 17.1. The minimum absolute atomic E-state index is 0.202. The van der Waals surface area contributed by atoms with Crippen LogP contribution in [-0.2, 0) is 11.2 Å².